The SMILES string of the molecule is CCOP(=O)(COC(C)C(CC(CC)NC(=O)/C=C\NC=O)OP(OCCC#N)N(C(C)C)C(C)C)OCC. The van der Waals surface area contributed by atoms with E-state index >= 15 is 0 Å². The number of hydrogen-bond donors (Lipinski definition) is 2. The van der Waals surface area contributed by atoms with Gasteiger partial charge in [-0.2, -0.15) is 5.26 Å². The zero-order chi connectivity index (χ0) is 29.8. The Bertz CT molecular complexity index is 791. The largest absolute Gasteiger partial charge is 0.363 e. The molecule has 39 heavy (non-hydrogen) atoms. The molecule has 12 nitrogen and oxygen atoms in total. The molecule has 0 fully saturated rings. The first-order valence-corrected chi connectivity index (χ1v) is 16.3. The maximum absolute atomic E-state index is 13.0. The summed E-state index contributed by atoms with van der Waals surface area (Å²) in [6, 6.07) is 1.96. The second kappa shape index (κ2) is 21.4. The average molecular weight is 595 g/mol. The summed E-state index contributed by atoms with van der Waals surface area (Å²) in [4.78, 5) is 22.8. The Morgan fingerprint density at radius 3 is 2.21 bits per heavy atom. The molecule has 0 aliphatic carbocycles. The third-order valence-corrected chi connectivity index (χ3v) is 9.24. The third-order valence-electron chi connectivity index (χ3n) is 5.31. The minimum atomic E-state index is -3.46. The zero-order valence-electron chi connectivity index (χ0n) is 24.6. The molecular weight excluding hydrogens is 546 g/mol. The molecule has 0 saturated heterocycles. The molecule has 2 N–H and O–H groups in total. The average Bonchev–Trinajstić information content (AvgIpc) is 2.86. The van der Waals surface area contributed by atoms with Crippen LogP contribution in [-0.4, -0.2) is 73.5 Å². The lowest BCUT2D eigenvalue weighted by Crippen LogP contribution is -2.42. The van der Waals surface area contributed by atoms with Gasteiger partial charge < -0.3 is 33.5 Å². The standard InChI is InChI=1S/C25H48N4O8P2/c1-9-23(28-25(31)13-15-27-18-30)17-24(22(8)33-19-39(32,35-10-2)36-11-3)37-38(34-16-12-14-26)29(20(4)5)21(6)7/h13,15,18,20-24H,9-12,16-17,19H2,1-8H3,(H,27,30)(H,28,31)/b15-13-. The van der Waals surface area contributed by atoms with Crippen molar-refractivity contribution in [2.24, 2.45) is 0 Å². The second-order valence-electron chi connectivity index (χ2n) is 9.11. The molecule has 0 aliphatic heterocycles. The van der Waals surface area contributed by atoms with Crippen LogP contribution in [0, 0.1) is 11.3 Å². The third kappa shape index (κ3) is 15.8. The minimum Gasteiger partial charge on any atom is -0.363 e. The number of amides is 2. The minimum absolute atomic E-state index is 0.0864. The van der Waals surface area contributed by atoms with E-state index in [1.165, 1.54) is 12.3 Å². The highest BCUT2D eigenvalue weighted by atomic mass is 31.2. The van der Waals surface area contributed by atoms with Crippen molar-refractivity contribution in [3.8, 4) is 6.07 Å². The number of nitriles is 1. The first kappa shape index (κ1) is 37.6. The highest BCUT2D eigenvalue weighted by Crippen LogP contribution is 2.50. The smallest absolute Gasteiger partial charge is 0.356 e. The molecule has 0 rings (SSSR count). The number of ether oxygens (including phenoxy) is 1. The highest BCUT2D eigenvalue weighted by molar-refractivity contribution is 7.53. The topological polar surface area (TPSA) is 148 Å². The Labute approximate surface area is 235 Å². The van der Waals surface area contributed by atoms with Crippen LogP contribution in [-0.2, 0) is 37.0 Å². The summed E-state index contributed by atoms with van der Waals surface area (Å²) >= 11 is 0. The number of carbonyl (C=O) groups is 2. The molecule has 2 amide bonds. The van der Waals surface area contributed by atoms with Crippen molar-refractivity contribution in [3.05, 3.63) is 12.3 Å². The zero-order valence-corrected chi connectivity index (χ0v) is 26.4. The van der Waals surface area contributed by atoms with Crippen molar-refractivity contribution in [1.82, 2.24) is 15.3 Å². The second-order valence-corrected chi connectivity index (χ2v) is 12.5. The van der Waals surface area contributed by atoms with Gasteiger partial charge in [0.1, 0.15) is 6.35 Å². The fraction of sp³-hybridized carbons (Fsp3) is 0.800. The normalized spacial score (nSPS) is 15.3. The van der Waals surface area contributed by atoms with Crippen molar-refractivity contribution >= 4 is 28.4 Å². The Morgan fingerprint density at radius 1 is 1.10 bits per heavy atom. The molecule has 0 radical (unpaired) electrons. The van der Waals surface area contributed by atoms with Crippen LogP contribution in [0.3, 0.4) is 0 Å². The van der Waals surface area contributed by atoms with E-state index < -0.39 is 28.3 Å². The summed E-state index contributed by atoms with van der Waals surface area (Å²) in [5, 5.41) is 14.3. The highest BCUT2D eigenvalue weighted by Gasteiger charge is 2.35. The van der Waals surface area contributed by atoms with E-state index in [1.54, 1.807) is 20.8 Å². The summed E-state index contributed by atoms with van der Waals surface area (Å²) < 4.78 is 44.5. The monoisotopic (exact) mass is 594 g/mol. The molecule has 0 bridgehead atoms. The molecule has 0 heterocycles. The van der Waals surface area contributed by atoms with E-state index in [-0.39, 0.29) is 56.6 Å². The van der Waals surface area contributed by atoms with Crippen molar-refractivity contribution < 1.29 is 37.0 Å². The van der Waals surface area contributed by atoms with Gasteiger partial charge in [-0.3, -0.25) is 14.2 Å². The first-order valence-electron chi connectivity index (χ1n) is 13.4. The lowest BCUT2D eigenvalue weighted by molar-refractivity contribution is -0.117. The van der Waals surface area contributed by atoms with Gasteiger partial charge in [0.15, 0.2) is 0 Å². The van der Waals surface area contributed by atoms with Crippen LogP contribution in [0.4, 0.5) is 0 Å². The Balaban J connectivity index is 6.03. The maximum atomic E-state index is 13.0. The van der Waals surface area contributed by atoms with Gasteiger partial charge in [-0.25, -0.2) is 4.67 Å². The lowest BCUT2D eigenvalue weighted by Gasteiger charge is -2.39. The predicted octanol–water partition coefficient (Wildman–Crippen LogP) is 4.82. The van der Waals surface area contributed by atoms with E-state index in [0.29, 0.717) is 19.3 Å². The van der Waals surface area contributed by atoms with Crippen LogP contribution in [0.15, 0.2) is 12.3 Å². The van der Waals surface area contributed by atoms with Crippen molar-refractivity contribution in [2.45, 2.75) is 105 Å². The van der Waals surface area contributed by atoms with Gasteiger partial charge in [-0.15, -0.1) is 0 Å². The lowest BCUT2D eigenvalue weighted by atomic mass is 10.0. The summed E-state index contributed by atoms with van der Waals surface area (Å²) in [7, 11) is -5.07. The van der Waals surface area contributed by atoms with Crippen LogP contribution >= 0.6 is 16.1 Å². The van der Waals surface area contributed by atoms with Crippen molar-refractivity contribution in [2.75, 3.05) is 26.2 Å². The summed E-state index contributed by atoms with van der Waals surface area (Å²) in [5.41, 5.74) is 0. The molecule has 4 atom stereocenters. The van der Waals surface area contributed by atoms with Gasteiger partial charge in [-0.05, 0) is 61.3 Å². The Morgan fingerprint density at radius 2 is 1.72 bits per heavy atom. The molecule has 0 aromatic rings. The molecule has 0 aliphatic rings. The summed E-state index contributed by atoms with van der Waals surface area (Å²) in [5.74, 6) is -0.376. The van der Waals surface area contributed by atoms with Crippen LogP contribution in [0.1, 0.15) is 74.7 Å². The van der Waals surface area contributed by atoms with Gasteiger partial charge in [-0.1, -0.05) is 6.92 Å². The Kier molecular flexibility index (Phi) is 20.6. The van der Waals surface area contributed by atoms with Gasteiger partial charge in [0, 0.05) is 30.4 Å². The van der Waals surface area contributed by atoms with Crippen LogP contribution < -0.4 is 10.6 Å². The maximum Gasteiger partial charge on any atom is 0.356 e. The Hall–Kier alpha value is -1.41. The van der Waals surface area contributed by atoms with E-state index in [9.17, 15) is 14.2 Å². The van der Waals surface area contributed by atoms with E-state index in [1.807, 2.05) is 34.6 Å². The molecule has 14 heteroatoms. The number of rotatable bonds is 23. The van der Waals surface area contributed by atoms with Crippen LogP contribution in [0.25, 0.3) is 0 Å². The molecule has 4 unspecified atom stereocenters. The van der Waals surface area contributed by atoms with Gasteiger partial charge in [0.2, 0.25) is 12.3 Å². The van der Waals surface area contributed by atoms with E-state index in [2.05, 4.69) is 21.4 Å². The molecule has 226 valence electrons. The first-order chi connectivity index (χ1) is 18.5. The quantitative estimate of drug-likeness (QED) is 0.0730. The number of hydrogen-bond acceptors (Lipinski definition) is 10. The van der Waals surface area contributed by atoms with Crippen molar-refractivity contribution in [3.63, 3.8) is 0 Å². The fourth-order valence-corrected chi connectivity index (χ4v) is 6.79. The molecule has 0 spiro atoms. The van der Waals surface area contributed by atoms with Gasteiger partial charge in [0.05, 0.1) is 44.5 Å². The summed E-state index contributed by atoms with van der Waals surface area (Å²) in [6.45, 7) is 16.0. The van der Waals surface area contributed by atoms with Gasteiger partial charge in [0.25, 0.3) is 8.53 Å². The number of carbonyl (C=O) groups excluding carboxylic acids is 2. The molecule has 0 aromatic heterocycles. The number of nitrogens with one attached hydrogen (secondary N) is 2. The molecule has 0 saturated carbocycles. The predicted molar refractivity (Wildman–Crippen MR) is 152 cm³/mol. The van der Waals surface area contributed by atoms with Gasteiger partial charge >= 0.3 is 7.60 Å². The van der Waals surface area contributed by atoms with Crippen LogP contribution in [0.2, 0.25) is 0 Å². The number of nitrogens with zero attached hydrogens (tertiary/aromatic N) is 2. The molecular formula is C25H48N4O8P2. The van der Waals surface area contributed by atoms with Crippen LogP contribution in [0.5, 0.6) is 0 Å². The summed E-state index contributed by atoms with van der Waals surface area (Å²) in [6.07, 6.45) is 2.68. The van der Waals surface area contributed by atoms with Crippen molar-refractivity contribution in [1.29, 1.82) is 5.26 Å². The fourth-order valence-electron chi connectivity index (χ4n) is 3.57. The van der Waals surface area contributed by atoms with E-state index in [4.69, 9.17) is 28.1 Å². The van der Waals surface area contributed by atoms with E-state index in [0.717, 1.165) is 0 Å². The molecule has 0 aromatic carbocycles.